The molecule has 0 aliphatic heterocycles. The molecule has 0 unspecified atom stereocenters. The van der Waals surface area contributed by atoms with E-state index in [-0.39, 0.29) is 18.3 Å². The topological polar surface area (TPSA) is 41.1 Å². The van der Waals surface area contributed by atoms with Crippen LogP contribution in [0.4, 0.5) is 15.8 Å². The lowest BCUT2D eigenvalue weighted by molar-refractivity contribution is -0.114. The molecule has 0 saturated carbocycles. The molecule has 2 rings (SSSR count). The number of anilines is 2. The lowest BCUT2D eigenvalue weighted by Crippen LogP contribution is -2.21. The Kier molecular flexibility index (Phi) is 4.36. The van der Waals surface area contributed by atoms with Crippen LogP contribution in [0, 0.1) is 5.82 Å². The van der Waals surface area contributed by atoms with Gasteiger partial charge in [0, 0.05) is 16.4 Å². The first kappa shape index (κ1) is 13.4. The fourth-order valence-electron chi connectivity index (χ4n) is 1.49. The summed E-state index contributed by atoms with van der Waals surface area (Å²) in [6.07, 6.45) is 0. The molecular formula is C14H12ClFN2O. The van der Waals surface area contributed by atoms with Crippen molar-refractivity contribution in [2.75, 3.05) is 17.2 Å². The quantitative estimate of drug-likeness (QED) is 0.898. The molecule has 1 amide bonds. The van der Waals surface area contributed by atoms with Crippen LogP contribution >= 0.6 is 11.6 Å². The highest BCUT2D eigenvalue weighted by atomic mass is 35.5. The average molecular weight is 279 g/mol. The van der Waals surface area contributed by atoms with E-state index in [2.05, 4.69) is 10.6 Å². The summed E-state index contributed by atoms with van der Waals surface area (Å²) >= 11 is 5.75. The van der Waals surface area contributed by atoms with Crippen molar-refractivity contribution in [2.24, 2.45) is 0 Å². The summed E-state index contributed by atoms with van der Waals surface area (Å²) in [5.74, 6) is -0.497. The smallest absolute Gasteiger partial charge is 0.243 e. The monoisotopic (exact) mass is 278 g/mol. The summed E-state index contributed by atoms with van der Waals surface area (Å²) in [7, 11) is 0. The zero-order valence-corrected chi connectivity index (χ0v) is 10.7. The Hall–Kier alpha value is -2.07. The van der Waals surface area contributed by atoms with E-state index < -0.39 is 0 Å². The molecule has 0 bridgehead atoms. The third-order valence-electron chi connectivity index (χ3n) is 2.43. The molecule has 0 aromatic heterocycles. The largest absolute Gasteiger partial charge is 0.376 e. The van der Waals surface area contributed by atoms with Crippen LogP contribution in [-0.4, -0.2) is 12.5 Å². The number of hydrogen-bond donors (Lipinski definition) is 2. The van der Waals surface area contributed by atoms with Gasteiger partial charge in [-0.1, -0.05) is 11.6 Å². The average Bonchev–Trinajstić information content (AvgIpc) is 2.41. The molecule has 0 fully saturated rings. The molecule has 0 spiro atoms. The zero-order valence-electron chi connectivity index (χ0n) is 9.99. The minimum atomic E-state index is -0.309. The molecule has 98 valence electrons. The maximum absolute atomic E-state index is 12.7. The van der Waals surface area contributed by atoms with E-state index in [9.17, 15) is 9.18 Å². The van der Waals surface area contributed by atoms with E-state index >= 15 is 0 Å². The lowest BCUT2D eigenvalue weighted by Gasteiger charge is -2.07. The molecule has 2 N–H and O–H groups in total. The van der Waals surface area contributed by atoms with Gasteiger partial charge in [0.1, 0.15) is 5.82 Å². The van der Waals surface area contributed by atoms with Crippen LogP contribution < -0.4 is 10.6 Å². The fraction of sp³-hybridized carbons (Fsp3) is 0.0714. The summed E-state index contributed by atoms with van der Waals surface area (Å²) in [5, 5.41) is 6.23. The summed E-state index contributed by atoms with van der Waals surface area (Å²) in [4.78, 5) is 11.7. The van der Waals surface area contributed by atoms with Crippen molar-refractivity contribution in [2.45, 2.75) is 0 Å². The second-order valence-corrected chi connectivity index (χ2v) is 4.35. The van der Waals surface area contributed by atoms with Crippen molar-refractivity contribution in [3.8, 4) is 0 Å². The highest BCUT2D eigenvalue weighted by Crippen LogP contribution is 2.13. The van der Waals surface area contributed by atoms with Gasteiger partial charge in [0.2, 0.25) is 5.91 Å². The van der Waals surface area contributed by atoms with Crippen molar-refractivity contribution in [3.05, 3.63) is 59.4 Å². The molecule has 0 heterocycles. The fourth-order valence-corrected chi connectivity index (χ4v) is 1.61. The molecule has 3 nitrogen and oxygen atoms in total. The Morgan fingerprint density at radius 1 is 1.00 bits per heavy atom. The summed E-state index contributed by atoms with van der Waals surface area (Å²) in [5.41, 5.74) is 1.36. The minimum Gasteiger partial charge on any atom is -0.376 e. The van der Waals surface area contributed by atoms with E-state index in [4.69, 9.17) is 11.6 Å². The van der Waals surface area contributed by atoms with Gasteiger partial charge in [-0.2, -0.15) is 0 Å². The summed E-state index contributed by atoms with van der Waals surface area (Å²) in [6, 6.07) is 12.7. The predicted octanol–water partition coefficient (Wildman–Crippen LogP) is 3.53. The van der Waals surface area contributed by atoms with Gasteiger partial charge in [-0.25, -0.2) is 4.39 Å². The Labute approximate surface area is 115 Å². The Morgan fingerprint density at radius 3 is 2.21 bits per heavy atom. The van der Waals surface area contributed by atoms with Gasteiger partial charge in [-0.05, 0) is 48.5 Å². The standard InChI is InChI=1S/C14H12ClFN2O/c15-10-1-5-13(6-2-10)18-14(19)9-17-12-7-3-11(16)4-8-12/h1-8,17H,9H2,(H,18,19). The first-order valence-electron chi connectivity index (χ1n) is 5.68. The molecule has 0 aliphatic carbocycles. The Bertz CT molecular complexity index is 555. The summed E-state index contributed by atoms with van der Waals surface area (Å²) in [6.45, 7) is 0.105. The normalized spacial score (nSPS) is 10.0. The Morgan fingerprint density at radius 2 is 1.58 bits per heavy atom. The van der Waals surface area contributed by atoms with E-state index in [1.807, 2.05) is 0 Å². The van der Waals surface area contributed by atoms with Gasteiger partial charge < -0.3 is 10.6 Å². The second kappa shape index (κ2) is 6.20. The maximum atomic E-state index is 12.7. The molecule has 0 saturated heterocycles. The van der Waals surface area contributed by atoms with Crippen molar-refractivity contribution in [1.29, 1.82) is 0 Å². The van der Waals surface area contributed by atoms with Crippen LogP contribution in [0.15, 0.2) is 48.5 Å². The van der Waals surface area contributed by atoms with E-state index in [0.29, 0.717) is 16.4 Å². The number of benzene rings is 2. The summed E-state index contributed by atoms with van der Waals surface area (Å²) < 4.78 is 12.7. The van der Waals surface area contributed by atoms with Crippen LogP contribution in [0.3, 0.4) is 0 Å². The number of amides is 1. The SMILES string of the molecule is O=C(CNc1ccc(F)cc1)Nc1ccc(Cl)cc1. The minimum absolute atomic E-state index is 0.105. The third-order valence-corrected chi connectivity index (χ3v) is 2.68. The van der Waals surface area contributed by atoms with E-state index in [1.165, 1.54) is 12.1 Å². The van der Waals surface area contributed by atoms with Crippen molar-refractivity contribution in [3.63, 3.8) is 0 Å². The molecule has 0 radical (unpaired) electrons. The van der Waals surface area contributed by atoms with Crippen LogP contribution in [-0.2, 0) is 4.79 Å². The van der Waals surface area contributed by atoms with Gasteiger partial charge in [-0.15, -0.1) is 0 Å². The Balaban J connectivity index is 1.84. The van der Waals surface area contributed by atoms with Gasteiger partial charge in [0.05, 0.1) is 6.54 Å². The number of hydrogen-bond acceptors (Lipinski definition) is 2. The lowest BCUT2D eigenvalue weighted by atomic mass is 10.3. The molecule has 0 atom stereocenters. The first-order valence-corrected chi connectivity index (χ1v) is 6.06. The highest BCUT2D eigenvalue weighted by Gasteiger charge is 2.02. The molecule has 2 aromatic carbocycles. The number of carbonyl (C=O) groups excluding carboxylic acids is 1. The zero-order chi connectivity index (χ0) is 13.7. The van der Waals surface area contributed by atoms with E-state index in [0.717, 1.165) is 0 Å². The van der Waals surface area contributed by atoms with Crippen LogP contribution in [0.2, 0.25) is 5.02 Å². The number of nitrogens with one attached hydrogen (secondary N) is 2. The maximum Gasteiger partial charge on any atom is 0.243 e. The van der Waals surface area contributed by atoms with Gasteiger partial charge >= 0.3 is 0 Å². The van der Waals surface area contributed by atoms with Crippen molar-refractivity contribution >= 4 is 28.9 Å². The first-order chi connectivity index (χ1) is 9.13. The molecule has 5 heteroatoms. The second-order valence-electron chi connectivity index (χ2n) is 3.92. The van der Waals surface area contributed by atoms with Gasteiger partial charge in [0.15, 0.2) is 0 Å². The third kappa shape index (κ3) is 4.26. The molecule has 2 aromatic rings. The van der Waals surface area contributed by atoms with Crippen molar-refractivity contribution < 1.29 is 9.18 Å². The van der Waals surface area contributed by atoms with E-state index in [1.54, 1.807) is 36.4 Å². The van der Waals surface area contributed by atoms with Crippen LogP contribution in [0.5, 0.6) is 0 Å². The van der Waals surface area contributed by atoms with Crippen molar-refractivity contribution in [1.82, 2.24) is 0 Å². The predicted molar refractivity (Wildman–Crippen MR) is 75.0 cm³/mol. The van der Waals surface area contributed by atoms with Gasteiger partial charge in [-0.3, -0.25) is 4.79 Å². The number of rotatable bonds is 4. The van der Waals surface area contributed by atoms with Crippen LogP contribution in [0.1, 0.15) is 0 Å². The van der Waals surface area contributed by atoms with Crippen LogP contribution in [0.25, 0.3) is 0 Å². The molecule has 0 aliphatic rings. The number of carbonyl (C=O) groups is 1. The number of halogens is 2. The van der Waals surface area contributed by atoms with Gasteiger partial charge in [0.25, 0.3) is 0 Å². The molecule has 19 heavy (non-hydrogen) atoms. The highest BCUT2D eigenvalue weighted by molar-refractivity contribution is 6.30. The molecular weight excluding hydrogens is 267 g/mol.